The zero-order valence-corrected chi connectivity index (χ0v) is 22.9. The summed E-state index contributed by atoms with van der Waals surface area (Å²) < 4.78 is 24.5. The summed E-state index contributed by atoms with van der Waals surface area (Å²) in [5.41, 5.74) is 7.23. The fourth-order valence-electron chi connectivity index (χ4n) is 4.70. The minimum absolute atomic E-state index is 0.725. The Bertz CT molecular complexity index is 1380. The largest absolute Gasteiger partial charge is 0.497 e. The normalized spacial score (nSPS) is 12.8. The molecule has 0 unspecified atom stereocenters. The van der Waals surface area contributed by atoms with Gasteiger partial charge in [-0.1, -0.05) is 24.3 Å². The second kappa shape index (κ2) is 10.8. The molecule has 184 valence electrons. The predicted octanol–water partition coefficient (Wildman–Crippen LogP) is 7.66. The van der Waals surface area contributed by atoms with E-state index in [0.717, 1.165) is 60.0 Å². The second-order valence-corrected chi connectivity index (χ2v) is 10.1. The molecule has 0 amide bonds. The molecule has 0 spiro atoms. The van der Waals surface area contributed by atoms with Gasteiger partial charge in [0, 0.05) is 9.13 Å². The molecular formula is C31H29IO4. The number of halogens is 1. The zero-order chi connectivity index (χ0) is 25.1. The quantitative estimate of drug-likeness (QED) is 0.229. The van der Waals surface area contributed by atoms with Crippen LogP contribution >= 0.6 is 22.6 Å². The van der Waals surface area contributed by atoms with Crippen LogP contribution < -0.4 is 18.9 Å². The summed E-state index contributed by atoms with van der Waals surface area (Å²) in [4.78, 5) is 0. The van der Waals surface area contributed by atoms with Gasteiger partial charge in [-0.15, -0.1) is 0 Å². The first-order valence-electron chi connectivity index (χ1n) is 12.1. The molecule has 4 aliphatic rings. The van der Waals surface area contributed by atoms with Gasteiger partial charge in [0.1, 0.15) is 17.2 Å². The smallest absolute Gasteiger partial charge is 0.169 e. The van der Waals surface area contributed by atoms with Crippen LogP contribution in [-0.4, -0.2) is 21.3 Å². The summed E-state index contributed by atoms with van der Waals surface area (Å²) in [5, 5.41) is 0. The Morgan fingerprint density at radius 1 is 0.611 bits per heavy atom. The molecule has 8 rings (SSSR count). The van der Waals surface area contributed by atoms with Crippen LogP contribution in [0.3, 0.4) is 0 Å². The highest BCUT2D eigenvalue weighted by Gasteiger charge is 2.16. The third-order valence-electron chi connectivity index (χ3n) is 6.72. The van der Waals surface area contributed by atoms with Crippen LogP contribution in [0.2, 0.25) is 0 Å². The van der Waals surface area contributed by atoms with Gasteiger partial charge in [-0.05, 0) is 125 Å². The third kappa shape index (κ3) is 5.16. The Hall–Kier alpha value is -3.19. The maximum Gasteiger partial charge on any atom is 0.169 e. The van der Waals surface area contributed by atoms with Crippen LogP contribution in [0.5, 0.6) is 28.7 Å². The first-order valence-corrected chi connectivity index (χ1v) is 13.1. The lowest BCUT2D eigenvalue weighted by atomic mass is 9.93. The molecule has 0 aliphatic carbocycles. The monoisotopic (exact) mass is 592 g/mol. The number of benzene rings is 4. The van der Waals surface area contributed by atoms with Gasteiger partial charge in [0.15, 0.2) is 11.5 Å². The first-order chi connectivity index (χ1) is 17.6. The lowest BCUT2D eigenvalue weighted by Gasteiger charge is -2.18. The average molecular weight is 592 g/mol. The van der Waals surface area contributed by atoms with E-state index in [1.165, 1.54) is 31.4 Å². The van der Waals surface area contributed by atoms with Crippen molar-refractivity contribution in [3.05, 3.63) is 98.6 Å². The highest BCUT2D eigenvalue weighted by Crippen LogP contribution is 2.38. The molecule has 4 aromatic carbocycles. The summed E-state index contributed by atoms with van der Waals surface area (Å²) in [5.74, 6) is 4.00. The van der Waals surface area contributed by atoms with Gasteiger partial charge in [-0.2, -0.15) is 0 Å². The van der Waals surface area contributed by atoms with Crippen molar-refractivity contribution in [1.82, 2.24) is 0 Å². The molecular weight excluding hydrogens is 563 g/mol. The molecule has 0 saturated carbocycles. The number of rotatable bonds is 3. The molecule has 4 heterocycles. The van der Waals surface area contributed by atoms with E-state index in [1.807, 2.05) is 24.3 Å². The van der Waals surface area contributed by atoms with Crippen molar-refractivity contribution >= 4 is 22.6 Å². The molecule has 6 bridgehead atoms. The number of methoxy groups -OCH3 is 3. The van der Waals surface area contributed by atoms with Gasteiger partial charge >= 0.3 is 0 Å². The second-order valence-electron chi connectivity index (χ2n) is 8.90. The van der Waals surface area contributed by atoms with E-state index in [4.69, 9.17) is 18.9 Å². The Labute approximate surface area is 226 Å². The van der Waals surface area contributed by atoms with Gasteiger partial charge in [-0.3, -0.25) is 0 Å². The molecule has 0 atom stereocenters. The minimum atomic E-state index is 0.725. The maximum absolute atomic E-state index is 6.25. The molecule has 5 heteroatoms. The van der Waals surface area contributed by atoms with Crippen molar-refractivity contribution in [3.8, 4) is 39.9 Å². The van der Waals surface area contributed by atoms with E-state index in [0.29, 0.717) is 0 Å². The Morgan fingerprint density at radius 2 is 1.33 bits per heavy atom. The van der Waals surface area contributed by atoms with Crippen LogP contribution in [-0.2, 0) is 25.7 Å². The summed E-state index contributed by atoms with van der Waals surface area (Å²) in [7, 11) is 5.13. The fraction of sp³-hybridized carbons (Fsp3) is 0.226. The van der Waals surface area contributed by atoms with Crippen molar-refractivity contribution in [2.75, 3.05) is 21.3 Å². The van der Waals surface area contributed by atoms with Crippen molar-refractivity contribution in [3.63, 3.8) is 0 Å². The van der Waals surface area contributed by atoms with E-state index in [1.54, 1.807) is 21.3 Å². The van der Waals surface area contributed by atoms with Gasteiger partial charge in [-0.25, -0.2) is 0 Å². The van der Waals surface area contributed by atoms with Crippen molar-refractivity contribution < 1.29 is 18.9 Å². The standard InChI is InChI=1S/C31H29IO4/c1-33-25-13-14-26-22(17-25)9-4-20-6-11-24(12-7-20)36-31-16-21(8-15-29(31)34-2)5-10-23-18-30(35-3)27(26)19-28(23)32/h6-8,11-19H,4-5,9-10H2,1-3H3. The van der Waals surface area contributed by atoms with Crippen molar-refractivity contribution in [2.45, 2.75) is 25.7 Å². The van der Waals surface area contributed by atoms with Gasteiger partial charge < -0.3 is 18.9 Å². The Morgan fingerprint density at radius 3 is 2.08 bits per heavy atom. The summed E-state index contributed by atoms with van der Waals surface area (Å²) in [6.07, 6.45) is 3.55. The van der Waals surface area contributed by atoms with E-state index in [9.17, 15) is 0 Å². The summed E-state index contributed by atoms with van der Waals surface area (Å²) in [6, 6.07) is 25.2. The minimum Gasteiger partial charge on any atom is -0.497 e. The van der Waals surface area contributed by atoms with E-state index in [2.05, 4.69) is 71.1 Å². The molecule has 0 fully saturated rings. The molecule has 4 nitrogen and oxygen atoms in total. The highest BCUT2D eigenvalue weighted by atomic mass is 127. The van der Waals surface area contributed by atoms with Crippen molar-refractivity contribution in [2.24, 2.45) is 0 Å². The fourth-order valence-corrected chi connectivity index (χ4v) is 5.44. The van der Waals surface area contributed by atoms with Crippen LogP contribution in [0.1, 0.15) is 22.3 Å². The highest BCUT2D eigenvalue weighted by molar-refractivity contribution is 14.1. The molecule has 4 aliphatic heterocycles. The average Bonchev–Trinajstić information content (AvgIpc) is 2.91. The number of hydrogen-bond donors (Lipinski definition) is 0. The third-order valence-corrected chi connectivity index (χ3v) is 7.72. The summed E-state index contributed by atoms with van der Waals surface area (Å²) in [6.45, 7) is 0. The molecule has 4 aromatic rings. The predicted molar refractivity (Wildman–Crippen MR) is 152 cm³/mol. The molecule has 0 N–H and O–H groups in total. The molecule has 0 aromatic heterocycles. The van der Waals surface area contributed by atoms with Crippen molar-refractivity contribution in [1.29, 1.82) is 0 Å². The topological polar surface area (TPSA) is 36.9 Å². The van der Waals surface area contributed by atoms with Gasteiger partial charge in [0.05, 0.1) is 21.3 Å². The molecule has 36 heavy (non-hydrogen) atoms. The molecule has 0 saturated heterocycles. The molecule has 0 radical (unpaired) electrons. The van der Waals surface area contributed by atoms with Gasteiger partial charge in [0.25, 0.3) is 0 Å². The lowest BCUT2D eigenvalue weighted by Crippen LogP contribution is -2.01. The maximum atomic E-state index is 6.25. The van der Waals surface area contributed by atoms with Crippen LogP contribution in [0.4, 0.5) is 0 Å². The van der Waals surface area contributed by atoms with E-state index < -0.39 is 0 Å². The van der Waals surface area contributed by atoms with Gasteiger partial charge in [0.2, 0.25) is 0 Å². The first kappa shape index (κ1) is 24.5. The number of hydrogen-bond acceptors (Lipinski definition) is 4. The SMILES string of the molecule is COc1ccc2c(c1)CCc1ccc(cc1)Oc1cc(ccc1OC)CCc1cc(OC)c-2cc1I. The lowest BCUT2D eigenvalue weighted by molar-refractivity contribution is 0.378. The summed E-state index contributed by atoms with van der Waals surface area (Å²) >= 11 is 2.45. The Kier molecular flexibility index (Phi) is 7.37. The zero-order valence-electron chi connectivity index (χ0n) is 20.8. The number of ether oxygens (including phenoxy) is 4. The van der Waals surface area contributed by atoms with E-state index >= 15 is 0 Å². The number of aryl methyl sites for hydroxylation is 4. The Balaban J connectivity index is 1.63. The van der Waals surface area contributed by atoms with Crippen LogP contribution in [0.25, 0.3) is 11.1 Å². The van der Waals surface area contributed by atoms with E-state index in [-0.39, 0.29) is 0 Å². The van der Waals surface area contributed by atoms with Crippen LogP contribution in [0.15, 0.2) is 72.8 Å². The van der Waals surface area contributed by atoms with Crippen LogP contribution in [0, 0.1) is 3.57 Å².